The Labute approximate surface area is 146 Å². The number of hydrogen-bond donors (Lipinski definition) is 0. The molecule has 1 atom stereocenters. The molecule has 2 aromatic carbocycles. The minimum atomic E-state index is 0.0296. The van der Waals surface area contributed by atoms with Gasteiger partial charge in [-0.05, 0) is 55.1 Å². The molecule has 1 heterocycles. The van der Waals surface area contributed by atoms with Crippen molar-refractivity contribution in [2.75, 3.05) is 13.1 Å². The van der Waals surface area contributed by atoms with Crippen LogP contribution in [0.5, 0.6) is 0 Å². The third kappa shape index (κ3) is 4.30. The van der Waals surface area contributed by atoms with Crippen molar-refractivity contribution in [3.8, 4) is 0 Å². The first-order valence-electron chi connectivity index (χ1n) is 8.23. The largest absolute Gasteiger partial charge is 0.303 e. The van der Waals surface area contributed by atoms with Crippen LogP contribution < -0.4 is 0 Å². The van der Waals surface area contributed by atoms with E-state index in [0.717, 1.165) is 48.8 Å². The predicted molar refractivity (Wildman–Crippen MR) is 97.4 cm³/mol. The number of carbonyl (C=O) groups is 1. The Morgan fingerprint density at radius 1 is 1.04 bits per heavy atom. The lowest BCUT2D eigenvalue weighted by Gasteiger charge is -2.34. The van der Waals surface area contributed by atoms with Gasteiger partial charge in [-0.2, -0.15) is 0 Å². The summed E-state index contributed by atoms with van der Waals surface area (Å²) in [6.07, 6.45) is 3.32. The van der Waals surface area contributed by atoms with Crippen LogP contribution in [0.1, 0.15) is 29.9 Å². The molecular formula is C20H22BrNO. The van der Waals surface area contributed by atoms with Gasteiger partial charge in [0, 0.05) is 16.9 Å². The highest BCUT2D eigenvalue weighted by Gasteiger charge is 2.27. The highest BCUT2D eigenvalue weighted by molar-refractivity contribution is 9.10. The van der Waals surface area contributed by atoms with Gasteiger partial charge in [-0.1, -0.05) is 58.4 Å². The lowest BCUT2D eigenvalue weighted by molar-refractivity contribution is -0.110. The predicted octanol–water partition coefficient (Wildman–Crippen LogP) is 4.64. The fourth-order valence-corrected chi connectivity index (χ4v) is 3.72. The van der Waals surface area contributed by atoms with Crippen LogP contribution in [0.3, 0.4) is 0 Å². The van der Waals surface area contributed by atoms with Crippen LogP contribution in [-0.4, -0.2) is 24.3 Å². The van der Waals surface area contributed by atoms with Gasteiger partial charge in [0.1, 0.15) is 6.29 Å². The molecule has 1 fully saturated rings. The van der Waals surface area contributed by atoms with Crippen LogP contribution in [0.25, 0.3) is 0 Å². The zero-order valence-electron chi connectivity index (χ0n) is 13.2. The molecule has 0 bridgehead atoms. The lowest BCUT2D eigenvalue weighted by atomic mass is 9.81. The normalized spacial score (nSPS) is 17.8. The monoisotopic (exact) mass is 371 g/mol. The van der Waals surface area contributed by atoms with E-state index >= 15 is 0 Å². The van der Waals surface area contributed by atoms with Crippen molar-refractivity contribution in [3.63, 3.8) is 0 Å². The Balaban J connectivity index is 1.59. The van der Waals surface area contributed by atoms with Crippen molar-refractivity contribution in [2.45, 2.75) is 25.3 Å². The molecule has 0 aromatic heterocycles. The van der Waals surface area contributed by atoms with Gasteiger partial charge in [0.25, 0.3) is 0 Å². The molecule has 120 valence electrons. The number of carbonyl (C=O) groups excluding carboxylic acids is 1. The van der Waals surface area contributed by atoms with E-state index < -0.39 is 0 Å². The van der Waals surface area contributed by atoms with Crippen LogP contribution in [0, 0.1) is 5.92 Å². The molecule has 0 radical (unpaired) electrons. The fourth-order valence-electron chi connectivity index (χ4n) is 3.46. The first kappa shape index (κ1) is 16.4. The summed E-state index contributed by atoms with van der Waals surface area (Å²) in [7, 11) is 0. The molecule has 1 unspecified atom stereocenters. The third-order valence-electron chi connectivity index (χ3n) is 4.79. The summed E-state index contributed by atoms with van der Waals surface area (Å²) in [5.41, 5.74) is 2.51. The zero-order chi connectivity index (χ0) is 16.1. The molecule has 1 saturated heterocycles. The number of rotatable bonds is 5. The summed E-state index contributed by atoms with van der Waals surface area (Å²) < 4.78 is 1.06. The van der Waals surface area contributed by atoms with E-state index in [1.165, 1.54) is 5.56 Å². The molecule has 1 aliphatic rings. The average molecular weight is 372 g/mol. The molecule has 2 aromatic rings. The maximum absolute atomic E-state index is 11.6. The molecule has 0 amide bonds. The Hall–Kier alpha value is -1.45. The Kier molecular flexibility index (Phi) is 5.63. The van der Waals surface area contributed by atoms with Crippen LogP contribution in [0.2, 0.25) is 0 Å². The van der Waals surface area contributed by atoms with E-state index in [1.807, 2.05) is 12.1 Å². The van der Waals surface area contributed by atoms with Gasteiger partial charge in [-0.3, -0.25) is 4.90 Å². The summed E-state index contributed by atoms with van der Waals surface area (Å²) in [4.78, 5) is 14.1. The van der Waals surface area contributed by atoms with Crippen molar-refractivity contribution < 1.29 is 4.79 Å². The Morgan fingerprint density at radius 3 is 2.30 bits per heavy atom. The fraction of sp³-hybridized carbons (Fsp3) is 0.350. The first-order valence-corrected chi connectivity index (χ1v) is 9.02. The van der Waals surface area contributed by atoms with Crippen molar-refractivity contribution in [2.24, 2.45) is 5.92 Å². The minimum Gasteiger partial charge on any atom is -0.303 e. The molecule has 0 N–H and O–H groups in total. The van der Waals surface area contributed by atoms with Crippen LogP contribution in [0.15, 0.2) is 59.1 Å². The molecule has 2 nitrogen and oxygen atoms in total. The first-order chi connectivity index (χ1) is 11.3. The van der Waals surface area contributed by atoms with E-state index in [2.05, 4.69) is 63.3 Å². The van der Waals surface area contributed by atoms with Crippen molar-refractivity contribution in [1.29, 1.82) is 0 Å². The number of likely N-dealkylation sites (tertiary alicyclic amines) is 1. The van der Waals surface area contributed by atoms with E-state index in [-0.39, 0.29) is 5.92 Å². The number of nitrogens with zero attached hydrogens (tertiary/aromatic N) is 1. The second-order valence-corrected chi connectivity index (χ2v) is 7.23. The van der Waals surface area contributed by atoms with E-state index in [1.54, 1.807) is 0 Å². The van der Waals surface area contributed by atoms with Gasteiger partial charge in [0.05, 0.1) is 0 Å². The number of benzene rings is 2. The Morgan fingerprint density at radius 2 is 1.70 bits per heavy atom. The van der Waals surface area contributed by atoms with Gasteiger partial charge in [-0.25, -0.2) is 0 Å². The topological polar surface area (TPSA) is 20.3 Å². The summed E-state index contributed by atoms with van der Waals surface area (Å²) in [5, 5.41) is 0. The molecule has 3 rings (SSSR count). The lowest BCUT2D eigenvalue weighted by Crippen LogP contribution is -2.35. The summed E-state index contributed by atoms with van der Waals surface area (Å²) >= 11 is 3.46. The smallest absolute Gasteiger partial charge is 0.127 e. The van der Waals surface area contributed by atoms with Gasteiger partial charge in [-0.15, -0.1) is 0 Å². The standard InChI is InChI=1S/C20H22BrNO/c21-19-8-6-17(7-9-19)20(15-23)18-10-12-22(13-11-18)14-16-4-2-1-3-5-16/h1-9,15,18,20H,10-14H2. The van der Waals surface area contributed by atoms with Crippen LogP contribution in [-0.2, 0) is 11.3 Å². The molecule has 3 heteroatoms. The Bertz CT molecular complexity index is 618. The van der Waals surface area contributed by atoms with Gasteiger partial charge < -0.3 is 4.79 Å². The maximum atomic E-state index is 11.6. The SMILES string of the molecule is O=CC(c1ccc(Br)cc1)C1CCN(Cc2ccccc2)CC1. The van der Waals surface area contributed by atoms with Crippen LogP contribution >= 0.6 is 15.9 Å². The quantitative estimate of drug-likeness (QED) is 0.713. The zero-order valence-corrected chi connectivity index (χ0v) is 14.8. The van der Waals surface area contributed by atoms with E-state index in [0.29, 0.717) is 5.92 Å². The average Bonchev–Trinajstić information content (AvgIpc) is 2.60. The van der Waals surface area contributed by atoms with E-state index in [4.69, 9.17) is 0 Å². The van der Waals surface area contributed by atoms with Crippen molar-refractivity contribution >= 4 is 22.2 Å². The molecule has 0 saturated carbocycles. The highest BCUT2D eigenvalue weighted by Crippen LogP contribution is 2.32. The number of piperidine rings is 1. The summed E-state index contributed by atoms with van der Waals surface area (Å²) in [6.45, 7) is 3.15. The summed E-state index contributed by atoms with van der Waals surface area (Å²) in [5.74, 6) is 0.489. The van der Waals surface area contributed by atoms with Gasteiger partial charge in [0.15, 0.2) is 0 Å². The minimum absolute atomic E-state index is 0.0296. The molecular weight excluding hydrogens is 350 g/mol. The van der Waals surface area contributed by atoms with Gasteiger partial charge >= 0.3 is 0 Å². The molecule has 0 spiro atoms. The second-order valence-electron chi connectivity index (χ2n) is 6.31. The van der Waals surface area contributed by atoms with Crippen molar-refractivity contribution in [1.82, 2.24) is 4.90 Å². The number of halogens is 1. The number of aldehydes is 1. The molecule has 23 heavy (non-hydrogen) atoms. The highest BCUT2D eigenvalue weighted by atomic mass is 79.9. The van der Waals surface area contributed by atoms with Crippen molar-refractivity contribution in [3.05, 3.63) is 70.2 Å². The molecule has 1 aliphatic heterocycles. The molecule has 0 aliphatic carbocycles. The third-order valence-corrected chi connectivity index (χ3v) is 5.32. The summed E-state index contributed by atoms with van der Waals surface area (Å²) in [6, 6.07) is 18.8. The maximum Gasteiger partial charge on any atom is 0.127 e. The van der Waals surface area contributed by atoms with Gasteiger partial charge in [0.2, 0.25) is 0 Å². The second kappa shape index (κ2) is 7.89. The van der Waals surface area contributed by atoms with Crippen LogP contribution in [0.4, 0.5) is 0 Å². The number of hydrogen-bond acceptors (Lipinski definition) is 2. The van der Waals surface area contributed by atoms with E-state index in [9.17, 15) is 4.79 Å².